The summed E-state index contributed by atoms with van der Waals surface area (Å²) in [7, 11) is 5.89. The fourth-order valence-electron chi connectivity index (χ4n) is 3.71. The largest absolute Gasteiger partial charge is 0.444 e. The van der Waals surface area contributed by atoms with Crippen molar-refractivity contribution in [2.45, 2.75) is 44.6 Å². The molecule has 0 aromatic heterocycles. The molecule has 1 fully saturated rings. The van der Waals surface area contributed by atoms with Crippen molar-refractivity contribution in [3.05, 3.63) is 64.7 Å². The molecule has 1 amide bonds. The Morgan fingerprint density at radius 1 is 1.00 bits per heavy atom. The van der Waals surface area contributed by atoms with E-state index in [1.807, 2.05) is 45.0 Å². The van der Waals surface area contributed by atoms with Crippen molar-refractivity contribution >= 4 is 31.0 Å². The molecular weight excluding hydrogens is 357 g/mol. The van der Waals surface area contributed by atoms with Crippen molar-refractivity contribution in [2.75, 3.05) is 13.1 Å². The number of ether oxygens (including phenoxy) is 1. The minimum absolute atomic E-state index is 0.170. The first-order chi connectivity index (χ1) is 12.7. The first-order valence-electron chi connectivity index (χ1n) is 9.30. The van der Waals surface area contributed by atoms with E-state index < -0.39 is 5.60 Å². The second-order valence-corrected chi connectivity index (χ2v) is 8.61. The normalized spacial score (nSPS) is 16.8. The Balaban J connectivity index is 1.88. The van der Waals surface area contributed by atoms with E-state index in [9.17, 15) is 4.79 Å². The van der Waals surface area contributed by atoms with Crippen LogP contribution >= 0.6 is 11.6 Å². The highest BCUT2D eigenvalue weighted by molar-refractivity contribution is 6.32. The summed E-state index contributed by atoms with van der Waals surface area (Å²) in [4.78, 5) is 14.3. The van der Waals surface area contributed by atoms with E-state index in [1.165, 1.54) is 11.1 Å². The highest BCUT2D eigenvalue weighted by Crippen LogP contribution is 2.42. The number of rotatable bonds is 2. The van der Waals surface area contributed by atoms with Crippen molar-refractivity contribution in [3.63, 3.8) is 0 Å². The molecule has 3 rings (SSSR count). The lowest BCUT2D eigenvalue weighted by Crippen LogP contribution is -2.47. The Kier molecular flexibility index (Phi) is 5.57. The monoisotopic (exact) mass is 381 g/mol. The van der Waals surface area contributed by atoms with Crippen LogP contribution in [-0.2, 0) is 10.2 Å². The van der Waals surface area contributed by atoms with Crippen LogP contribution in [0.2, 0.25) is 5.02 Å². The molecule has 2 radical (unpaired) electrons. The maximum atomic E-state index is 12.5. The smallest absolute Gasteiger partial charge is 0.410 e. The van der Waals surface area contributed by atoms with Crippen LogP contribution < -0.4 is 5.46 Å². The molecule has 140 valence electrons. The minimum Gasteiger partial charge on any atom is -0.444 e. The Hall–Kier alpha value is -1.94. The second-order valence-electron chi connectivity index (χ2n) is 8.18. The number of carbonyl (C=O) groups excluding carboxylic acids is 1. The lowest BCUT2D eigenvalue weighted by Gasteiger charge is -2.43. The lowest BCUT2D eigenvalue weighted by molar-refractivity contribution is 0.0180. The molecule has 5 heteroatoms. The van der Waals surface area contributed by atoms with Crippen molar-refractivity contribution in [2.24, 2.45) is 0 Å². The third-order valence-corrected chi connectivity index (χ3v) is 5.38. The van der Waals surface area contributed by atoms with Gasteiger partial charge < -0.3 is 9.64 Å². The molecule has 0 aliphatic carbocycles. The summed E-state index contributed by atoms with van der Waals surface area (Å²) in [5, 5.41) is 0.720. The summed E-state index contributed by atoms with van der Waals surface area (Å²) >= 11 is 6.10. The quantitative estimate of drug-likeness (QED) is 0.719. The summed E-state index contributed by atoms with van der Waals surface area (Å²) in [6.45, 7) is 6.95. The van der Waals surface area contributed by atoms with Gasteiger partial charge in [-0.2, -0.15) is 0 Å². The summed E-state index contributed by atoms with van der Waals surface area (Å²) in [5.41, 5.74) is 2.51. The van der Waals surface area contributed by atoms with Gasteiger partial charge in [-0.1, -0.05) is 53.5 Å². The Morgan fingerprint density at radius 3 is 1.96 bits per heavy atom. The van der Waals surface area contributed by atoms with Crippen molar-refractivity contribution in [3.8, 4) is 0 Å². The molecule has 2 aromatic carbocycles. The van der Waals surface area contributed by atoms with Crippen molar-refractivity contribution < 1.29 is 9.53 Å². The van der Waals surface area contributed by atoms with Gasteiger partial charge in [-0.25, -0.2) is 4.79 Å². The van der Waals surface area contributed by atoms with Gasteiger partial charge in [0.05, 0.1) is 0 Å². The zero-order valence-electron chi connectivity index (χ0n) is 16.2. The molecule has 3 nitrogen and oxygen atoms in total. The molecule has 0 N–H and O–H groups in total. The van der Waals surface area contributed by atoms with E-state index in [1.54, 1.807) is 4.90 Å². The number of hydrogen-bond acceptors (Lipinski definition) is 2. The lowest BCUT2D eigenvalue weighted by atomic mass is 9.67. The molecule has 0 bridgehead atoms. The van der Waals surface area contributed by atoms with Crippen LogP contribution in [0.15, 0.2) is 48.5 Å². The third-order valence-electron chi connectivity index (χ3n) is 5.13. The topological polar surface area (TPSA) is 29.5 Å². The Bertz CT molecular complexity index is 741. The van der Waals surface area contributed by atoms with Gasteiger partial charge in [-0.3, -0.25) is 0 Å². The van der Waals surface area contributed by atoms with Gasteiger partial charge in [-0.05, 0) is 56.9 Å². The number of hydrogen-bond donors (Lipinski definition) is 0. The first kappa shape index (κ1) is 19.8. The van der Waals surface area contributed by atoms with Crippen LogP contribution in [0.25, 0.3) is 0 Å². The molecule has 0 spiro atoms. The standard InChI is InChI=1S/C22H25BClNO2/c1-21(2,3)27-20(26)25-14-12-22(13-15-25,16-4-8-18(23)9-5-16)17-6-10-19(24)11-7-17/h4-11H,12-15H2,1-3H3. The van der Waals surface area contributed by atoms with E-state index in [0.717, 1.165) is 23.3 Å². The van der Waals surface area contributed by atoms with Crippen LogP contribution in [0, 0.1) is 0 Å². The second kappa shape index (κ2) is 7.59. The van der Waals surface area contributed by atoms with Crippen LogP contribution in [0.1, 0.15) is 44.7 Å². The van der Waals surface area contributed by atoms with E-state index in [-0.39, 0.29) is 11.5 Å². The Morgan fingerprint density at radius 2 is 1.48 bits per heavy atom. The number of nitrogens with zero attached hydrogens (tertiary/aromatic N) is 1. The van der Waals surface area contributed by atoms with Gasteiger partial charge in [0.2, 0.25) is 0 Å². The fraction of sp³-hybridized carbons (Fsp3) is 0.409. The van der Waals surface area contributed by atoms with Gasteiger partial charge >= 0.3 is 6.09 Å². The highest BCUT2D eigenvalue weighted by atomic mass is 35.5. The molecule has 1 aliphatic heterocycles. The average molecular weight is 382 g/mol. The number of halogens is 1. The summed E-state index contributed by atoms with van der Waals surface area (Å²) in [5.74, 6) is 0. The number of piperidine rings is 1. The maximum absolute atomic E-state index is 12.5. The van der Waals surface area contributed by atoms with Gasteiger partial charge in [0.25, 0.3) is 0 Å². The van der Waals surface area contributed by atoms with Crippen LogP contribution in [0.5, 0.6) is 0 Å². The molecule has 27 heavy (non-hydrogen) atoms. The molecule has 2 aromatic rings. The third kappa shape index (κ3) is 4.49. The SMILES string of the molecule is [B]c1ccc(C2(c3ccc(Cl)cc3)CCN(C(=O)OC(C)(C)C)CC2)cc1. The molecule has 1 aliphatic rings. The molecule has 0 saturated carbocycles. The van der Waals surface area contributed by atoms with Crippen LogP contribution in [0.3, 0.4) is 0 Å². The average Bonchev–Trinajstić information content (AvgIpc) is 2.61. The molecular formula is C22H25BClNO2. The van der Waals surface area contributed by atoms with Crippen LogP contribution in [0.4, 0.5) is 4.79 Å². The maximum Gasteiger partial charge on any atom is 0.410 e. The van der Waals surface area contributed by atoms with Gasteiger partial charge in [-0.15, -0.1) is 0 Å². The summed E-state index contributed by atoms with van der Waals surface area (Å²) < 4.78 is 5.54. The number of amides is 1. The molecule has 1 saturated heterocycles. The molecule has 0 unspecified atom stereocenters. The van der Waals surface area contributed by atoms with Gasteiger partial charge in [0.1, 0.15) is 13.4 Å². The molecule has 0 atom stereocenters. The zero-order valence-corrected chi connectivity index (χ0v) is 16.9. The van der Waals surface area contributed by atoms with Gasteiger partial charge in [0, 0.05) is 23.5 Å². The minimum atomic E-state index is -0.487. The number of benzene rings is 2. The van der Waals surface area contributed by atoms with E-state index in [4.69, 9.17) is 24.2 Å². The van der Waals surface area contributed by atoms with Crippen molar-refractivity contribution in [1.82, 2.24) is 4.90 Å². The van der Waals surface area contributed by atoms with Crippen molar-refractivity contribution in [1.29, 1.82) is 0 Å². The number of carbonyl (C=O) groups is 1. The first-order valence-corrected chi connectivity index (χ1v) is 9.67. The van der Waals surface area contributed by atoms with Gasteiger partial charge in [0.15, 0.2) is 0 Å². The highest BCUT2D eigenvalue weighted by Gasteiger charge is 2.39. The molecule has 1 heterocycles. The van der Waals surface area contributed by atoms with E-state index in [2.05, 4.69) is 24.3 Å². The fourth-order valence-corrected chi connectivity index (χ4v) is 3.84. The summed E-state index contributed by atoms with van der Waals surface area (Å²) in [6, 6.07) is 16.1. The van der Waals surface area contributed by atoms with E-state index in [0.29, 0.717) is 13.1 Å². The predicted molar refractivity (Wildman–Crippen MR) is 111 cm³/mol. The Labute approximate surface area is 168 Å². The summed E-state index contributed by atoms with van der Waals surface area (Å²) in [6.07, 6.45) is 1.39. The predicted octanol–water partition coefficient (Wildman–Crippen LogP) is 4.45. The van der Waals surface area contributed by atoms with Crippen LogP contribution in [-0.4, -0.2) is 37.5 Å². The number of likely N-dealkylation sites (tertiary alicyclic amines) is 1. The zero-order chi connectivity index (χ0) is 19.7. The van der Waals surface area contributed by atoms with E-state index >= 15 is 0 Å².